The number of hydrogen-bond donors (Lipinski definition) is 1. The first-order valence-corrected chi connectivity index (χ1v) is 9.27. The lowest BCUT2D eigenvalue weighted by molar-refractivity contribution is -0.127. The molecule has 28 heavy (non-hydrogen) atoms. The van der Waals surface area contributed by atoms with Gasteiger partial charge in [0.1, 0.15) is 12.7 Å². The Labute approximate surface area is 163 Å². The van der Waals surface area contributed by atoms with Gasteiger partial charge < -0.3 is 10.2 Å². The molecule has 1 aromatic heterocycles. The van der Waals surface area contributed by atoms with Crippen molar-refractivity contribution < 1.29 is 9.59 Å². The van der Waals surface area contributed by atoms with Gasteiger partial charge >= 0.3 is 0 Å². The molecule has 1 fully saturated rings. The number of aromatic nitrogens is 3. The maximum absolute atomic E-state index is 12.6. The van der Waals surface area contributed by atoms with Gasteiger partial charge in [0.15, 0.2) is 0 Å². The Bertz CT molecular complexity index is 956. The molecule has 3 aromatic rings. The average molecular weight is 375 g/mol. The number of carbonyl (C=O) groups excluding carboxylic acids is 2. The third-order valence-electron chi connectivity index (χ3n) is 4.89. The summed E-state index contributed by atoms with van der Waals surface area (Å²) in [5.74, 6) is -0.0999. The summed E-state index contributed by atoms with van der Waals surface area (Å²) in [6, 6.07) is 17.2. The van der Waals surface area contributed by atoms with E-state index < -0.39 is 0 Å². The van der Waals surface area contributed by atoms with Crippen molar-refractivity contribution in [3.63, 3.8) is 0 Å². The van der Waals surface area contributed by atoms with E-state index in [-0.39, 0.29) is 17.9 Å². The van der Waals surface area contributed by atoms with Crippen LogP contribution in [0.2, 0.25) is 0 Å². The molecular weight excluding hydrogens is 354 g/mol. The lowest BCUT2D eigenvalue weighted by Gasteiger charge is -2.17. The number of nitrogens with one attached hydrogen (secondary N) is 1. The Hall–Kier alpha value is -3.48. The summed E-state index contributed by atoms with van der Waals surface area (Å²) in [7, 11) is 0. The van der Waals surface area contributed by atoms with Crippen LogP contribution in [0, 0.1) is 0 Å². The molecule has 2 amide bonds. The largest absolute Gasteiger partial charge is 0.347 e. The zero-order valence-corrected chi connectivity index (χ0v) is 15.4. The summed E-state index contributed by atoms with van der Waals surface area (Å²) in [6.45, 7) is 1.21. The van der Waals surface area contributed by atoms with Crippen LogP contribution < -0.4 is 5.32 Å². The van der Waals surface area contributed by atoms with E-state index >= 15 is 0 Å². The number of nitrogens with zero attached hydrogens (tertiary/aromatic N) is 4. The molecule has 7 heteroatoms. The minimum Gasteiger partial charge on any atom is -0.347 e. The van der Waals surface area contributed by atoms with E-state index in [2.05, 4.69) is 27.6 Å². The number of benzene rings is 2. The Morgan fingerprint density at radius 1 is 1.07 bits per heavy atom. The van der Waals surface area contributed by atoms with Crippen molar-refractivity contribution in [2.24, 2.45) is 0 Å². The van der Waals surface area contributed by atoms with Crippen LogP contribution in [0.3, 0.4) is 0 Å². The highest BCUT2D eigenvalue weighted by atomic mass is 16.2. The average Bonchev–Trinajstić information content (AvgIpc) is 3.37. The molecule has 0 bridgehead atoms. The SMILES string of the molecule is O=C(N[C@H]1CC(=O)N(CCc2ccccc2)C1)c1cccc(-n2cnnc2)c1. The number of likely N-dealkylation sites (tertiary alicyclic amines) is 1. The van der Waals surface area contributed by atoms with E-state index in [0.29, 0.717) is 25.1 Å². The van der Waals surface area contributed by atoms with Crippen molar-refractivity contribution >= 4 is 11.8 Å². The predicted molar refractivity (Wildman–Crippen MR) is 104 cm³/mol. The summed E-state index contributed by atoms with van der Waals surface area (Å²) in [6.07, 6.45) is 4.31. The Balaban J connectivity index is 1.35. The zero-order chi connectivity index (χ0) is 19.3. The van der Waals surface area contributed by atoms with Gasteiger partial charge in [0, 0.05) is 30.8 Å². The van der Waals surface area contributed by atoms with Crippen molar-refractivity contribution in [3.8, 4) is 5.69 Å². The number of hydrogen-bond acceptors (Lipinski definition) is 4. The predicted octanol–water partition coefficient (Wildman–Crippen LogP) is 1.84. The summed E-state index contributed by atoms with van der Waals surface area (Å²) >= 11 is 0. The molecule has 0 unspecified atom stereocenters. The Morgan fingerprint density at radius 2 is 1.86 bits per heavy atom. The van der Waals surface area contributed by atoms with Gasteiger partial charge in [0.05, 0.1) is 6.04 Å². The monoisotopic (exact) mass is 375 g/mol. The molecule has 4 rings (SSSR count). The topological polar surface area (TPSA) is 80.1 Å². The lowest BCUT2D eigenvalue weighted by Crippen LogP contribution is -2.37. The summed E-state index contributed by atoms with van der Waals surface area (Å²) in [5.41, 5.74) is 2.56. The van der Waals surface area contributed by atoms with Gasteiger partial charge in [-0.2, -0.15) is 0 Å². The van der Waals surface area contributed by atoms with Crippen LogP contribution in [0.1, 0.15) is 22.3 Å². The van der Waals surface area contributed by atoms with Crippen molar-refractivity contribution in [1.29, 1.82) is 0 Å². The summed E-state index contributed by atoms with van der Waals surface area (Å²) < 4.78 is 1.74. The van der Waals surface area contributed by atoms with Gasteiger partial charge in [-0.1, -0.05) is 36.4 Å². The molecule has 1 aliphatic heterocycles. The lowest BCUT2D eigenvalue weighted by atomic mass is 10.1. The fraction of sp³-hybridized carbons (Fsp3) is 0.238. The smallest absolute Gasteiger partial charge is 0.251 e. The molecule has 0 radical (unpaired) electrons. The quantitative estimate of drug-likeness (QED) is 0.713. The van der Waals surface area contributed by atoms with E-state index in [1.165, 1.54) is 5.56 Å². The van der Waals surface area contributed by atoms with Crippen molar-refractivity contribution in [2.75, 3.05) is 13.1 Å². The summed E-state index contributed by atoms with van der Waals surface area (Å²) in [4.78, 5) is 26.7. The highest BCUT2D eigenvalue weighted by Gasteiger charge is 2.30. The van der Waals surface area contributed by atoms with Crippen molar-refractivity contribution in [3.05, 3.63) is 78.4 Å². The molecular formula is C21H21N5O2. The maximum Gasteiger partial charge on any atom is 0.251 e. The maximum atomic E-state index is 12.6. The fourth-order valence-electron chi connectivity index (χ4n) is 3.40. The third kappa shape index (κ3) is 4.09. The number of carbonyl (C=O) groups is 2. The zero-order valence-electron chi connectivity index (χ0n) is 15.4. The standard InChI is InChI=1S/C21H21N5O2/c27-20-12-18(13-25(20)10-9-16-5-2-1-3-6-16)24-21(28)17-7-4-8-19(11-17)26-14-22-23-15-26/h1-8,11,14-15,18H,9-10,12-13H2,(H,24,28)/t18-/m0/s1. The van der Waals surface area contributed by atoms with E-state index in [4.69, 9.17) is 0 Å². The van der Waals surface area contributed by atoms with E-state index in [1.807, 2.05) is 35.2 Å². The minimum atomic E-state index is -0.183. The third-order valence-corrected chi connectivity index (χ3v) is 4.89. The molecule has 142 valence electrons. The van der Waals surface area contributed by atoms with Crippen LogP contribution >= 0.6 is 0 Å². The van der Waals surface area contributed by atoms with Crippen LogP contribution in [0.4, 0.5) is 0 Å². The van der Waals surface area contributed by atoms with E-state index in [1.54, 1.807) is 29.4 Å². The van der Waals surface area contributed by atoms with Gasteiger partial charge in [-0.05, 0) is 30.2 Å². The molecule has 1 saturated heterocycles. The molecule has 2 heterocycles. The van der Waals surface area contributed by atoms with Crippen LogP contribution in [-0.4, -0.2) is 50.6 Å². The second kappa shape index (κ2) is 8.04. The first kappa shape index (κ1) is 17.9. The first-order chi connectivity index (χ1) is 13.7. The number of rotatable bonds is 6. The minimum absolute atomic E-state index is 0.0828. The van der Waals surface area contributed by atoms with Gasteiger partial charge in [-0.25, -0.2) is 0 Å². The molecule has 0 aliphatic carbocycles. The van der Waals surface area contributed by atoms with Crippen LogP contribution in [0.25, 0.3) is 5.69 Å². The second-order valence-electron chi connectivity index (χ2n) is 6.87. The van der Waals surface area contributed by atoms with Crippen molar-refractivity contribution in [2.45, 2.75) is 18.9 Å². The molecule has 1 atom stereocenters. The molecule has 0 saturated carbocycles. The molecule has 1 aliphatic rings. The van der Waals surface area contributed by atoms with Gasteiger partial charge in [0.2, 0.25) is 5.91 Å². The molecule has 2 aromatic carbocycles. The van der Waals surface area contributed by atoms with Gasteiger partial charge in [-0.15, -0.1) is 10.2 Å². The first-order valence-electron chi connectivity index (χ1n) is 9.27. The highest BCUT2D eigenvalue weighted by Crippen LogP contribution is 2.15. The van der Waals surface area contributed by atoms with E-state index in [0.717, 1.165) is 12.1 Å². The fourth-order valence-corrected chi connectivity index (χ4v) is 3.40. The number of amides is 2. The van der Waals surface area contributed by atoms with Gasteiger partial charge in [-0.3, -0.25) is 14.2 Å². The Morgan fingerprint density at radius 3 is 2.64 bits per heavy atom. The van der Waals surface area contributed by atoms with Crippen LogP contribution in [0.15, 0.2) is 67.3 Å². The van der Waals surface area contributed by atoms with Crippen molar-refractivity contribution in [1.82, 2.24) is 25.0 Å². The highest BCUT2D eigenvalue weighted by molar-refractivity contribution is 5.95. The van der Waals surface area contributed by atoms with Gasteiger partial charge in [0.25, 0.3) is 5.91 Å². The molecule has 7 nitrogen and oxygen atoms in total. The molecule has 1 N–H and O–H groups in total. The van der Waals surface area contributed by atoms with Crippen LogP contribution in [0.5, 0.6) is 0 Å². The molecule has 0 spiro atoms. The summed E-state index contributed by atoms with van der Waals surface area (Å²) in [5, 5.41) is 10.5. The normalized spacial score (nSPS) is 16.4. The Kier molecular flexibility index (Phi) is 5.14. The second-order valence-corrected chi connectivity index (χ2v) is 6.87. The van der Waals surface area contributed by atoms with Crippen LogP contribution in [-0.2, 0) is 11.2 Å². The van der Waals surface area contributed by atoms with E-state index in [9.17, 15) is 9.59 Å².